The van der Waals surface area contributed by atoms with Gasteiger partial charge in [0.1, 0.15) is 0 Å². The Morgan fingerprint density at radius 1 is 1.14 bits per heavy atom. The van der Waals surface area contributed by atoms with Crippen molar-refractivity contribution in [1.29, 1.82) is 0 Å². The highest BCUT2D eigenvalue weighted by Gasteiger charge is 2.18. The van der Waals surface area contributed by atoms with Gasteiger partial charge in [0.25, 0.3) is 0 Å². The quantitative estimate of drug-likeness (QED) is 0.742. The van der Waals surface area contributed by atoms with E-state index in [0.717, 1.165) is 10.5 Å². The van der Waals surface area contributed by atoms with Gasteiger partial charge in [-0.3, -0.25) is 0 Å². The summed E-state index contributed by atoms with van der Waals surface area (Å²) in [5.41, 5.74) is 1.38. The summed E-state index contributed by atoms with van der Waals surface area (Å²) in [5.74, 6) is 0. The van der Waals surface area contributed by atoms with Gasteiger partial charge in [-0.05, 0) is 57.6 Å². The molecule has 1 aromatic rings. The third-order valence-corrected chi connectivity index (χ3v) is 5.37. The summed E-state index contributed by atoms with van der Waals surface area (Å²) in [7, 11) is 4.38. The van der Waals surface area contributed by atoms with E-state index in [4.69, 9.17) is 0 Å². The first-order chi connectivity index (χ1) is 10.2. The van der Waals surface area contributed by atoms with E-state index in [2.05, 4.69) is 64.5 Å². The highest BCUT2D eigenvalue weighted by Crippen LogP contribution is 2.23. The average Bonchev–Trinajstić information content (AvgIpc) is 2.78. The molecule has 0 radical (unpaired) electrons. The molecular weight excluding hydrogens is 324 g/mol. The molecular formula is C18H29BrN2. The smallest absolute Gasteiger partial charge is 0.0329 e. The van der Waals surface area contributed by atoms with Crippen LogP contribution in [0.25, 0.3) is 0 Å². The zero-order chi connectivity index (χ0) is 15.1. The molecule has 1 unspecified atom stereocenters. The largest absolute Gasteiger partial charge is 0.313 e. The maximum absolute atomic E-state index is 3.51. The summed E-state index contributed by atoms with van der Waals surface area (Å²) >= 11 is 3.51. The van der Waals surface area contributed by atoms with Crippen LogP contribution in [0.3, 0.4) is 0 Å². The molecule has 21 heavy (non-hydrogen) atoms. The Balaban J connectivity index is 1.85. The molecule has 118 valence electrons. The number of hydrogen-bond donors (Lipinski definition) is 1. The van der Waals surface area contributed by atoms with Crippen LogP contribution in [-0.4, -0.2) is 31.6 Å². The fourth-order valence-electron chi connectivity index (χ4n) is 3.39. The SMILES string of the molecule is CNC(CCN(C)C1CCCCCC1)c1ccc(Br)cc1. The second-order valence-corrected chi connectivity index (χ2v) is 7.22. The van der Waals surface area contributed by atoms with E-state index in [0.29, 0.717) is 6.04 Å². The number of halogens is 1. The first-order valence-corrected chi connectivity index (χ1v) is 9.13. The van der Waals surface area contributed by atoms with Crippen molar-refractivity contribution in [2.75, 3.05) is 20.6 Å². The minimum Gasteiger partial charge on any atom is -0.313 e. The summed E-state index contributed by atoms with van der Waals surface area (Å²) in [4.78, 5) is 2.59. The third-order valence-electron chi connectivity index (χ3n) is 4.84. The van der Waals surface area contributed by atoms with Gasteiger partial charge in [0.15, 0.2) is 0 Å². The molecule has 0 aliphatic heterocycles. The zero-order valence-electron chi connectivity index (χ0n) is 13.4. The number of rotatable bonds is 6. The van der Waals surface area contributed by atoms with E-state index in [1.165, 1.54) is 57.1 Å². The van der Waals surface area contributed by atoms with Crippen molar-refractivity contribution in [2.24, 2.45) is 0 Å². The van der Waals surface area contributed by atoms with Crippen LogP contribution in [0, 0.1) is 0 Å². The maximum atomic E-state index is 3.51. The standard InChI is InChI=1S/C18H29BrN2/c1-20-18(15-9-11-16(19)12-10-15)13-14-21(2)17-7-5-3-4-6-8-17/h9-12,17-18,20H,3-8,13-14H2,1-2H3. The van der Waals surface area contributed by atoms with Gasteiger partial charge in [0.2, 0.25) is 0 Å². The van der Waals surface area contributed by atoms with Crippen LogP contribution < -0.4 is 5.32 Å². The average molecular weight is 353 g/mol. The number of hydrogen-bond acceptors (Lipinski definition) is 2. The number of nitrogens with one attached hydrogen (secondary N) is 1. The van der Waals surface area contributed by atoms with Crippen LogP contribution >= 0.6 is 15.9 Å². The van der Waals surface area contributed by atoms with Gasteiger partial charge in [0, 0.05) is 16.6 Å². The minimum absolute atomic E-state index is 0.450. The van der Waals surface area contributed by atoms with Crippen molar-refractivity contribution in [2.45, 2.75) is 57.0 Å². The molecule has 1 aliphatic rings. The molecule has 1 atom stereocenters. The van der Waals surface area contributed by atoms with Crippen LogP contribution in [0.5, 0.6) is 0 Å². The first kappa shape index (κ1) is 17.0. The number of benzene rings is 1. The summed E-state index contributed by atoms with van der Waals surface area (Å²) in [5, 5.41) is 3.47. The Hall–Kier alpha value is -0.380. The molecule has 2 nitrogen and oxygen atoms in total. The molecule has 1 aliphatic carbocycles. The van der Waals surface area contributed by atoms with E-state index in [-0.39, 0.29) is 0 Å². The second kappa shape index (κ2) is 8.92. The highest BCUT2D eigenvalue weighted by atomic mass is 79.9. The van der Waals surface area contributed by atoms with Gasteiger partial charge in [-0.15, -0.1) is 0 Å². The molecule has 0 aromatic heterocycles. The second-order valence-electron chi connectivity index (χ2n) is 6.31. The van der Waals surface area contributed by atoms with E-state index in [9.17, 15) is 0 Å². The van der Waals surface area contributed by atoms with Crippen molar-refractivity contribution in [3.63, 3.8) is 0 Å². The predicted octanol–water partition coefficient (Wildman–Crippen LogP) is 4.75. The lowest BCUT2D eigenvalue weighted by Gasteiger charge is -2.29. The molecule has 2 rings (SSSR count). The first-order valence-electron chi connectivity index (χ1n) is 8.33. The van der Waals surface area contributed by atoms with E-state index in [1.807, 2.05) is 0 Å². The van der Waals surface area contributed by atoms with E-state index >= 15 is 0 Å². The van der Waals surface area contributed by atoms with Crippen LogP contribution in [0.2, 0.25) is 0 Å². The molecule has 0 bridgehead atoms. The lowest BCUT2D eigenvalue weighted by Crippen LogP contribution is -2.34. The monoisotopic (exact) mass is 352 g/mol. The topological polar surface area (TPSA) is 15.3 Å². The molecule has 0 saturated heterocycles. The Morgan fingerprint density at radius 3 is 2.33 bits per heavy atom. The summed E-state index contributed by atoms with van der Waals surface area (Å²) in [6, 6.07) is 9.96. The Labute approximate surface area is 138 Å². The van der Waals surface area contributed by atoms with Gasteiger partial charge in [0.05, 0.1) is 0 Å². The highest BCUT2D eigenvalue weighted by molar-refractivity contribution is 9.10. The van der Waals surface area contributed by atoms with Gasteiger partial charge >= 0.3 is 0 Å². The van der Waals surface area contributed by atoms with Crippen LogP contribution in [0.1, 0.15) is 56.6 Å². The van der Waals surface area contributed by atoms with Crippen LogP contribution in [0.15, 0.2) is 28.7 Å². The lowest BCUT2D eigenvalue weighted by molar-refractivity contribution is 0.211. The van der Waals surface area contributed by atoms with Crippen LogP contribution in [0.4, 0.5) is 0 Å². The normalized spacial score (nSPS) is 18.7. The molecule has 0 heterocycles. The Morgan fingerprint density at radius 2 is 1.76 bits per heavy atom. The predicted molar refractivity (Wildman–Crippen MR) is 94.7 cm³/mol. The molecule has 1 aromatic carbocycles. The molecule has 0 amide bonds. The lowest BCUT2D eigenvalue weighted by atomic mass is 10.0. The summed E-state index contributed by atoms with van der Waals surface area (Å²) in [6.07, 6.45) is 9.64. The fraction of sp³-hybridized carbons (Fsp3) is 0.667. The molecule has 1 N–H and O–H groups in total. The van der Waals surface area contributed by atoms with Gasteiger partial charge in [-0.2, -0.15) is 0 Å². The van der Waals surface area contributed by atoms with Gasteiger partial charge in [-0.25, -0.2) is 0 Å². The van der Waals surface area contributed by atoms with E-state index < -0.39 is 0 Å². The minimum atomic E-state index is 0.450. The van der Waals surface area contributed by atoms with Crippen molar-refractivity contribution >= 4 is 15.9 Å². The van der Waals surface area contributed by atoms with Crippen molar-refractivity contribution in [3.05, 3.63) is 34.3 Å². The third kappa shape index (κ3) is 5.39. The molecule has 1 fully saturated rings. The van der Waals surface area contributed by atoms with Crippen molar-refractivity contribution in [3.8, 4) is 0 Å². The molecule has 3 heteroatoms. The fourth-order valence-corrected chi connectivity index (χ4v) is 3.65. The maximum Gasteiger partial charge on any atom is 0.0329 e. The molecule has 1 saturated carbocycles. The van der Waals surface area contributed by atoms with Gasteiger partial charge < -0.3 is 10.2 Å². The molecule has 0 spiro atoms. The van der Waals surface area contributed by atoms with E-state index in [1.54, 1.807) is 0 Å². The Kier molecular flexibility index (Phi) is 7.21. The van der Waals surface area contributed by atoms with Crippen molar-refractivity contribution in [1.82, 2.24) is 10.2 Å². The Bertz CT molecular complexity index is 396. The van der Waals surface area contributed by atoms with Crippen LogP contribution in [-0.2, 0) is 0 Å². The summed E-state index contributed by atoms with van der Waals surface area (Å²) < 4.78 is 1.15. The zero-order valence-corrected chi connectivity index (χ0v) is 15.0. The van der Waals surface area contributed by atoms with Crippen molar-refractivity contribution < 1.29 is 0 Å². The van der Waals surface area contributed by atoms with Gasteiger partial charge in [-0.1, -0.05) is 53.7 Å². The number of nitrogens with zero attached hydrogens (tertiary/aromatic N) is 1. The summed E-state index contributed by atoms with van der Waals surface area (Å²) in [6.45, 7) is 1.17.